The third-order valence-corrected chi connectivity index (χ3v) is 5.11. The molecule has 16 heavy (non-hydrogen) atoms. The monoisotopic (exact) mass is 254 g/mol. The summed E-state index contributed by atoms with van der Waals surface area (Å²) in [5.41, 5.74) is -2.54. The maximum absolute atomic E-state index is 10.5. The largest absolute Gasteiger partial charge is 0.381 e. The first kappa shape index (κ1) is 11.8. The van der Waals surface area contributed by atoms with Crippen LogP contribution in [0.4, 0.5) is 0 Å². The van der Waals surface area contributed by atoms with E-state index < -0.39 is 11.2 Å². The van der Waals surface area contributed by atoms with Crippen LogP contribution in [0.25, 0.3) is 0 Å². The van der Waals surface area contributed by atoms with Crippen molar-refractivity contribution in [1.29, 1.82) is 0 Å². The fourth-order valence-corrected chi connectivity index (χ4v) is 3.37. The molecule has 0 aliphatic rings. The van der Waals surface area contributed by atoms with Crippen LogP contribution in [0, 0.1) is 0 Å². The minimum absolute atomic E-state index is 0.769. The minimum atomic E-state index is -1.27. The lowest BCUT2D eigenvalue weighted by molar-refractivity contribution is -0.138. The van der Waals surface area contributed by atoms with Crippen molar-refractivity contribution in [3.63, 3.8) is 0 Å². The molecule has 2 N–H and O–H groups in total. The molecule has 0 saturated carbocycles. The summed E-state index contributed by atoms with van der Waals surface area (Å²) in [5, 5.41) is 24.9. The summed E-state index contributed by atoms with van der Waals surface area (Å²) >= 11 is 2.90. The molecule has 2 heterocycles. The van der Waals surface area contributed by atoms with Crippen LogP contribution in [0.5, 0.6) is 0 Å². The maximum Gasteiger partial charge on any atom is 0.129 e. The second-order valence-electron chi connectivity index (χ2n) is 4.10. The Hall–Kier alpha value is -0.680. The number of thiophene rings is 2. The van der Waals surface area contributed by atoms with Gasteiger partial charge in [0.1, 0.15) is 11.2 Å². The second-order valence-corrected chi connectivity index (χ2v) is 5.99. The van der Waals surface area contributed by atoms with Gasteiger partial charge in [0.05, 0.1) is 0 Å². The van der Waals surface area contributed by atoms with E-state index in [-0.39, 0.29) is 0 Å². The molecule has 0 aliphatic heterocycles. The summed E-state index contributed by atoms with van der Waals surface area (Å²) in [6, 6.07) is 7.43. The zero-order valence-electron chi connectivity index (χ0n) is 9.18. The molecule has 0 unspecified atom stereocenters. The van der Waals surface area contributed by atoms with Crippen molar-refractivity contribution in [2.24, 2.45) is 0 Å². The smallest absolute Gasteiger partial charge is 0.129 e. The summed E-state index contributed by atoms with van der Waals surface area (Å²) in [7, 11) is 0. The van der Waals surface area contributed by atoms with Crippen LogP contribution >= 0.6 is 22.7 Å². The van der Waals surface area contributed by atoms with Gasteiger partial charge in [-0.25, -0.2) is 0 Å². The first-order chi connectivity index (χ1) is 7.46. The molecule has 2 aromatic rings. The highest BCUT2D eigenvalue weighted by Crippen LogP contribution is 2.43. The SMILES string of the molecule is C[C@](O)(c1cccs1)[C@](C)(O)c1cccs1. The molecule has 0 bridgehead atoms. The van der Waals surface area contributed by atoms with E-state index in [1.165, 1.54) is 22.7 Å². The van der Waals surface area contributed by atoms with Gasteiger partial charge < -0.3 is 10.2 Å². The molecule has 4 heteroatoms. The van der Waals surface area contributed by atoms with E-state index in [0.717, 1.165) is 9.75 Å². The predicted molar refractivity (Wildman–Crippen MR) is 67.8 cm³/mol. The molecule has 2 rings (SSSR count). The highest BCUT2D eigenvalue weighted by Gasteiger charge is 2.45. The van der Waals surface area contributed by atoms with Crippen molar-refractivity contribution in [3.8, 4) is 0 Å². The Balaban J connectivity index is 2.44. The van der Waals surface area contributed by atoms with E-state index in [2.05, 4.69) is 0 Å². The van der Waals surface area contributed by atoms with Crippen molar-refractivity contribution < 1.29 is 10.2 Å². The first-order valence-corrected chi connectivity index (χ1v) is 6.75. The lowest BCUT2D eigenvalue weighted by Crippen LogP contribution is -2.43. The van der Waals surface area contributed by atoms with Crippen molar-refractivity contribution in [1.82, 2.24) is 0 Å². The Labute approximate surface area is 103 Å². The summed E-state index contributed by atoms with van der Waals surface area (Å²) < 4.78 is 0. The third-order valence-electron chi connectivity index (χ3n) is 2.95. The summed E-state index contributed by atoms with van der Waals surface area (Å²) in [6.45, 7) is 3.30. The average Bonchev–Trinajstić information content (AvgIpc) is 2.91. The fourth-order valence-electron chi connectivity index (χ4n) is 1.59. The molecule has 2 aromatic heterocycles. The van der Waals surface area contributed by atoms with Crippen molar-refractivity contribution in [2.45, 2.75) is 25.0 Å². The van der Waals surface area contributed by atoms with Gasteiger partial charge in [0, 0.05) is 9.75 Å². The molecule has 86 valence electrons. The quantitative estimate of drug-likeness (QED) is 0.884. The molecule has 2 nitrogen and oxygen atoms in total. The normalized spacial score (nSPS) is 19.0. The standard InChI is InChI=1S/C12H14O2S2/c1-11(13,9-5-3-7-15-9)12(2,14)10-6-4-8-16-10/h3-8,13-14H,1-2H3/t11-,12+. The zero-order valence-corrected chi connectivity index (χ0v) is 10.8. The minimum Gasteiger partial charge on any atom is -0.381 e. The highest BCUT2D eigenvalue weighted by molar-refractivity contribution is 7.10. The molecular weight excluding hydrogens is 240 g/mol. The summed E-state index contributed by atoms with van der Waals surface area (Å²) in [6.07, 6.45) is 0. The van der Waals surface area contributed by atoms with Gasteiger partial charge in [-0.1, -0.05) is 12.1 Å². The number of hydrogen-bond acceptors (Lipinski definition) is 4. The van der Waals surface area contributed by atoms with E-state index in [4.69, 9.17) is 0 Å². The van der Waals surface area contributed by atoms with Crippen LogP contribution in [-0.4, -0.2) is 10.2 Å². The van der Waals surface area contributed by atoms with E-state index in [0.29, 0.717) is 0 Å². The van der Waals surface area contributed by atoms with Crippen LogP contribution < -0.4 is 0 Å². The van der Waals surface area contributed by atoms with Gasteiger partial charge in [-0.2, -0.15) is 0 Å². The lowest BCUT2D eigenvalue weighted by Gasteiger charge is -2.37. The Bertz CT molecular complexity index is 397. The molecule has 2 atom stereocenters. The molecule has 0 fully saturated rings. The maximum atomic E-state index is 10.5. The van der Waals surface area contributed by atoms with E-state index in [1.54, 1.807) is 13.8 Å². The predicted octanol–water partition coefficient (Wildman–Crippen LogP) is 2.92. The Morgan fingerprint density at radius 3 is 1.50 bits per heavy atom. The number of rotatable bonds is 3. The van der Waals surface area contributed by atoms with E-state index in [9.17, 15) is 10.2 Å². The van der Waals surface area contributed by atoms with Crippen LogP contribution in [0.3, 0.4) is 0 Å². The van der Waals surface area contributed by atoms with E-state index in [1.807, 2.05) is 35.0 Å². The highest BCUT2D eigenvalue weighted by atomic mass is 32.1. The molecule has 0 spiro atoms. The van der Waals surface area contributed by atoms with Gasteiger partial charge in [0.15, 0.2) is 0 Å². The van der Waals surface area contributed by atoms with Gasteiger partial charge in [0.2, 0.25) is 0 Å². The van der Waals surface area contributed by atoms with Crippen LogP contribution in [0.15, 0.2) is 35.0 Å². The molecule has 0 aromatic carbocycles. The molecule has 0 saturated heterocycles. The van der Waals surface area contributed by atoms with Gasteiger partial charge in [-0.05, 0) is 36.7 Å². The van der Waals surface area contributed by atoms with Gasteiger partial charge in [-0.15, -0.1) is 22.7 Å². The zero-order chi connectivity index (χ0) is 11.8. The molecule has 0 amide bonds. The topological polar surface area (TPSA) is 40.5 Å². The number of aliphatic hydroxyl groups is 2. The van der Waals surface area contributed by atoms with Crippen LogP contribution in [0.1, 0.15) is 23.6 Å². The molecular formula is C12H14O2S2. The number of hydrogen-bond donors (Lipinski definition) is 2. The fraction of sp³-hybridized carbons (Fsp3) is 0.333. The van der Waals surface area contributed by atoms with Gasteiger partial charge in [0.25, 0.3) is 0 Å². The Morgan fingerprint density at radius 1 is 0.875 bits per heavy atom. The van der Waals surface area contributed by atoms with E-state index >= 15 is 0 Å². The average molecular weight is 254 g/mol. The molecule has 0 radical (unpaired) electrons. The first-order valence-electron chi connectivity index (χ1n) is 4.99. The molecule has 0 aliphatic carbocycles. The Morgan fingerprint density at radius 2 is 1.25 bits per heavy atom. The summed E-state index contributed by atoms with van der Waals surface area (Å²) in [5.74, 6) is 0. The van der Waals surface area contributed by atoms with Crippen molar-refractivity contribution >= 4 is 22.7 Å². The van der Waals surface area contributed by atoms with Gasteiger partial charge >= 0.3 is 0 Å². The van der Waals surface area contributed by atoms with Crippen molar-refractivity contribution in [3.05, 3.63) is 44.8 Å². The second kappa shape index (κ2) is 3.96. The third kappa shape index (κ3) is 1.72. The lowest BCUT2D eigenvalue weighted by atomic mass is 9.83. The van der Waals surface area contributed by atoms with Crippen molar-refractivity contribution in [2.75, 3.05) is 0 Å². The van der Waals surface area contributed by atoms with Crippen LogP contribution in [0.2, 0.25) is 0 Å². The van der Waals surface area contributed by atoms with Crippen LogP contribution in [-0.2, 0) is 11.2 Å². The van der Waals surface area contributed by atoms with Gasteiger partial charge in [-0.3, -0.25) is 0 Å². The summed E-state index contributed by atoms with van der Waals surface area (Å²) in [4.78, 5) is 1.54. The Kier molecular flexibility index (Phi) is 2.92.